The fraction of sp³-hybridized carbons (Fsp3) is 0.474. The van der Waals surface area contributed by atoms with Crippen LogP contribution in [0.3, 0.4) is 0 Å². The molecule has 1 nitrogen and oxygen atoms in total. The largest absolute Gasteiger partial charge is 0.310 e. The lowest BCUT2D eigenvalue weighted by atomic mass is 9.79. The average Bonchev–Trinajstić information content (AvgIpc) is 2.95. The van der Waals surface area contributed by atoms with Crippen LogP contribution in [0.1, 0.15) is 61.3 Å². The van der Waals surface area contributed by atoms with Crippen LogP contribution in [0.15, 0.2) is 41.1 Å². The lowest BCUT2D eigenvalue weighted by molar-refractivity contribution is 0.419. The molecule has 1 heterocycles. The second-order valence-corrected chi connectivity index (χ2v) is 6.92. The van der Waals surface area contributed by atoms with Crippen LogP contribution in [0.4, 0.5) is 0 Å². The van der Waals surface area contributed by atoms with Gasteiger partial charge in [-0.05, 0) is 71.7 Å². The summed E-state index contributed by atoms with van der Waals surface area (Å²) in [6, 6.07) is 12.1. The standard InChI is InChI=1S/C19H25NS/c1-2-11-20-19(13-15-10-12-21-14-15)18-8-6-17(7-9-18)16-4-3-5-16/h6-10,12,14,16,19-20H,2-5,11,13H2,1H3. The number of hydrogen-bond donors (Lipinski definition) is 1. The SMILES string of the molecule is CCCNC(Cc1ccsc1)c1ccc(C2CCC2)cc1. The summed E-state index contributed by atoms with van der Waals surface area (Å²) in [6.45, 7) is 3.31. The molecule has 1 aliphatic carbocycles. The number of hydrogen-bond acceptors (Lipinski definition) is 2. The van der Waals surface area contributed by atoms with Crippen molar-refractivity contribution in [2.24, 2.45) is 0 Å². The monoisotopic (exact) mass is 299 g/mol. The van der Waals surface area contributed by atoms with Gasteiger partial charge in [-0.2, -0.15) is 11.3 Å². The molecule has 3 rings (SSSR count). The minimum atomic E-state index is 0.440. The van der Waals surface area contributed by atoms with Crippen molar-refractivity contribution in [3.05, 3.63) is 57.8 Å². The van der Waals surface area contributed by atoms with Crippen molar-refractivity contribution in [2.75, 3.05) is 6.54 Å². The molecule has 1 unspecified atom stereocenters. The maximum absolute atomic E-state index is 3.71. The van der Waals surface area contributed by atoms with Crippen molar-refractivity contribution in [1.82, 2.24) is 5.32 Å². The van der Waals surface area contributed by atoms with E-state index in [0.717, 1.165) is 18.9 Å². The van der Waals surface area contributed by atoms with E-state index in [1.54, 1.807) is 11.3 Å². The molecule has 0 aliphatic heterocycles. The number of rotatable bonds is 7. The Labute approximate surface area is 132 Å². The average molecular weight is 299 g/mol. The van der Waals surface area contributed by atoms with Gasteiger partial charge in [0.2, 0.25) is 0 Å². The molecule has 1 fully saturated rings. The molecular weight excluding hydrogens is 274 g/mol. The first-order valence-corrected chi connectivity index (χ1v) is 9.15. The van der Waals surface area contributed by atoms with Gasteiger partial charge in [0.15, 0.2) is 0 Å². The van der Waals surface area contributed by atoms with Crippen LogP contribution in [-0.2, 0) is 6.42 Å². The van der Waals surface area contributed by atoms with E-state index in [1.807, 2.05) is 0 Å². The van der Waals surface area contributed by atoms with Gasteiger partial charge in [-0.3, -0.25) is 0 Å². The van der Waals surface area contributed by atoms with Crippen LogP contribution in [0.25, 0.3) is 0 Å². The predicted molar refractivity (Wildman–Crippen MR) is 92.1 cm³/mol. The first kappa shape index (κ1) is 14.8. The Morgan fingerprint density at radius 2 is 2.00 bits per heavy atom. The molecule has 1 N–H and O–H groups in total. The molecule has 0 bridgehead atoms. The zero-order valence-electron chi connectivity index (χ0n) is 12.8. The van der Waals surface area contributed by atoms with E-state index < -0.39 is 0 Å². The lowest BCUT2D eigenvalue weighted by Gasteiger charge is -2.26. The molecule has 1 aromatic heterocycles. The molecule has 112 valence electrons. The highest BCUT2D eigenvalue weighted by Gasteiger charge is 2.19. The van der Waals surface area contributed by atoms with Crippen molar-refractivity contribution in [2.45, 2.75) is 51.0 Å². The summed E-state index contributed by atoms with van der Waals surface area (Å²) >= 11 is 1.79. The van der Waals surface area contributed by atoms with E-state index in [-0.39, 0.29) is 0 Å². The van der Waals surface area contributed by atoms with Crippen LogP contribution in [-0.4, -0.2) is 6.54 Å². The molecule has 1 aliphatic rings. The number of benzene rings is 1. The van der Waals surface area contributed by atoms with Gasteiger partial charge in [0, 0.05) is 6.04 Å². The van der Waals surface area contributed by atoms with Crippen LogP contribution < -0.4 is 5.32 Å². The van der Waals surface area contributed by atoms with Gasteiger partial charge in [0.1, 0.15) is 0 Å². The minimum absolute atomic E-state index is 0.440. The maximum Gasteiger partial charge on any atom is 0.0361 e. The zero-order valence-corrected chi connectivity index (χ0v) is 13.7. The van der Waals surface area contributed by atoms with Crippen LogP contribution >= 0.6 is 11.3 Å². The van der Waals surface area contributed by atoms with Crippen molar-refractivity contribution < 1.29 is 0 Å². The third kappa shape index (κ3) is 3.75. The Hall–Kier alpha value is -1.12. The summed E-state index contributed by atoms with van der Waals surface area (Å²) in [7, 11) is 0. The van der Waals surface area contributed by atoms with Gasteiger partial charge < -0.3 is 5.32 Å². The normalized spacial score (nSPS) is 16.6. The minimum Gasteiger partial charge on any atom is -0.310 e. The highest BCUT2D eigenvalue weighted by molar-refractivity contribution is 7.07. The first-order valence-electron chi connectivity index (χ1n) is 8.21. The highest BCUT2D eigenvalue weighted by atomic mass is 32.1. The van der Waals surface area contributed by atoms with E-state index in [9.17, 15) is 0 Å². The summed E-state index contributed by atoms with van der Waals surface area (Å²) in [5.74, 6) is 0.831. The first-order chi connectivity index (χ1) is 10.4. The molecule has 1 saturated carbocycles. The summed E-state index contributed by atoms with van der Waals surface area (Å²) in [5.41, 5.74) is 4.41. The number of nitrogens with one attached hydrogen (secondary N) is 1. The van der Waals surface area contributed by atoms with Crippen molar-refractivity contribution >= 4 is 11.3 Å². The quantitative estimate of drug-likeness (QED) is 0.731. The third-order valence-corrected chi connectivity index (χ3v) is 5.31. The van der Waals surface area contributed by atoms with Gasteiger partial charge in [-0.1, -0.05) is 37.6 Å². The molecule has 0 spiro atoms. The lowest BCUT2D eigenvalue weighted by Crippen LogP contribution is -2.24. The Balaban J connectivity index is 1.71. The molecule has 0 radical (unpaired) electrons. The Kier molecular flexibility index (Phi) is 5.10. The summed E-state index contributed by atoms with van der Waals surface area (Å²) < 4.78 is 0. The molecule has 2 heteroatoms. The Morgan fingerprint density at radius 3 is 2.57 bits per heavy atom. The smallest absolute Gasteiger partial charge is 0.0361 e. The maximum atomic E-state index is 3.71. The van der Waals surface area contributed by atoms with Gasteiger partial charge in [-0.15, -0.1) is 0 Å². The van der Waals surface area contributed by atoms with Gasteiger partial charge in [0.05, 0.1) is 0 Å². The predicted octanol–water partition coefficient (Wildman–Crippen LogP) is 5.30. The molecule has 2 aromatic rings. The second-order valence-electron chi connectivity index (χ2n) is 6.14. The third-order valence-electron chi connectivity index (χ3n) is 4.58. The van der Waals surface area contributed by atoms with Gasteiger partial charge in [0.25, 0.3) is 0 Å². The second kappa shape index (κ2) is 7.24. The van der Waals surface area contributed by atoms with E-state index in [1.165, 1.54) is 42.4 Å². The fourth-order valence-electron chi connectivity index (χ4n) is 3.01. The zero-order chi connectivity index (χ0) is 14.5. The molecule has 1 atom stereocenters. The summed E-state index contributed by atoms with van der Waals surface area (Å²) in [5, 5.41) is 8.15. The van der Waals surface area contributed by atoms with Crippen molar-refractivity contribution in [1.29, 1.82) is 0 Å². The molecule has 21 heavy (non-hydrogen) atoms. The van der Waals surface area contributed by atoms with Crippen LogP contribution in [0, 0.1) is 0 Å². The Morgan fingerprint density at radius 1 is 1.19 bits per heavy atom. The summed E-state index contributed by atoms with van der Waals surface area (Å²) in [4.78, 5) is 0. The van der Waals surface area contributed by atoms with Crippen molar-refractivity contribution in [3.8, 4) is 0 Å². The van der Waals surface area contributed by atoms with E-state index in [0.29, 0.717) is 6.04 Å². The van der Waals surface area contributed by atoms with E-state index >= 15 is 0 Å². The molecule has 1 aromatic carbocycles. The topological polar surface area (TPSA) is 12.0 Å². The highest BCUT2D eigenvalue weighted by Crippen LogP contribution is 2.36. The van der Waals surface area contributed by atoms with Gasteiger partial charge >= 0.3 is 0 Å². The van der Waals surface area contributed by atoms with Crippen molar-refractivity contribution in [3.63, 3.8) is 0 Å². The molecule has 0 amide bonds. The fourth-order valence-corrected chi connectivity index (χ4v) is 3.69. The molecule has 0 saturated heterocycles. The number of thiophene rings is 1. The Bertz CT molecular complexity index is 525. The van der Waals surface area contributed by atoms with Gasteiger partial charge in [-0.25, -0.2) is 0 Å². The van der Waals surface area contributed by atoms with Crippen LogP contribution in [0.5, 0.6) is 0 Å². The summed E-state index contributed by atoms with van der Waals surface area (Å²) in [6.07, 6.45) is 6.44. The van der Waals surface area contributed by atoms with Crippen LogP contribution in [0.2, 0.25) is 0 Å². The molecular formula is C19H25NS. The van der Waals surface area contributed by atoms with E-state index in [4.69, 9.17) is 0 Å². The van der Waals surface area contributed by atoms with E-state index in [2.05, 4.69) is 53.3 Å².